The summed E-state index contributed by atoms with van der Waals surface area (Å²) in [6, 6.07) is 24.0. The van der Waals surface area contributed by atoms with Crippen LogP contribution in [0.2, 0.25) is 0 Å². The van der Waals surface area contributed by atoms with Crippen LogP contribution in [0.3, 0.4) is 0 Å². The molecule has 0 saturated carbocycles. The van der Waals surface area contributed by atoms with Crippen LogP contribution in [0.1, 0.15) is 76.6 Å². The second-order valence-electron chi connectivity index (χ2n) is 15.7. The lowest BCUT2D eigenvalue weighted by atomic mass is 9.85. The van der Waals surface area contributed by atoms with Gasteiger partial charge in [-0.05, 0) is 111 Å². The van der Waals surface area contributed by atoms with Gasteiger partial charge in [0.25, 0.3) is 5.91 Å². The Morgan fingerprint density at radius 1 is 1.07 bits per heavy atom. The Labute approximate surface area is 340 Å². The zero-order valence-electron chi connectivity index (χ0n) is 32.3. The first-order valence-corrected chi connectivity index (χ1v) is 21.0. The van der Waals surface area contributed by atoms with E-state index in [4.69, 9.17) is 4.74 Å². The number of nitrogens with zero attached hydrogens (tertiary/aromatic N) is 4. The fraction of sp³-hybridized carbons (Fsp3) is 0.341. The highest BCUT2D eigenvalue weighted by molar-refractivity contribution is 7.96. The summed E-state index contributed by atoms with van der Waals surface area (Å²) in [7, 11) is 1.85. The highest BCUT2D eigenvalue weighted by atomic mass is 32.2. The number of hydrogen-bond donors (Lipinski definition) is 3. The van der Waals surface area contributed by atoms with Gasteiger partial charge >= 0.3 is 5.97 Å². The van der Waals surface area contributed by atoms with Crippen LogP contribution in [0.4, 0.5) is 21.5 Å². The number of ether oxygens (including phenoxy) is 1. The monoisotopic (exact) mass is 807 g/mol. The van der Waals surface area contributed by atoms with Gasteiger partial charge in [0.05, 0.1) is 10.6 Å². The predicted molar refractivity (Wildman–Crippen MR) is 228 cm³/mol. The average Bonchev–Trinajstić information content (AvgIpc) is 3.65. The van der Waals surface area contributed by atoms with Crippen molar-refractivity contribution in [3.63, 3.8) is 0 Å². The van der Waals surface area contributed by atoms with Crippen LogP contribution in [-0.2, 0) is 5.75 Å². The predicted octanol–water partition coefficient (Wildman–Crippen LogP) is 9.75. The molecule has 1 atom stereocenters. The topological polar surface area (TPSA) is 118 Å². The summed E-state index contributed by atoms with van der Waals surface area (Å²) < 4.78 is 23.5. The SMILES string of the molecule is C=Nc1cc(CSN2CCC(Nc3cccc(-c4sc(C(=O)O)c(O)c4F)c3)CC2(C)C)ccc1OCN1CCC(c2ccc3c4c(cccc24)C(=O)N3C)CC1. The van der Waals surface area contributed by atoms with Crippen molar-refractivity contribution in [1.82, 2.24) is 9.21 Å². The van der Waals surface area contributed by atoms with Crippen LogP contribution >= 0.6 is 23.3 Å². The van der Waals surface area contributed by atoms with E-state index in [1.54, 1.807) is 35.0 Å². The van der Waals surface area contributed by atoms with Gasteiger partial charge in [0, 0.05) is 60.7 Å². The lowest BCUT2D eigenvalue weighted by Gasteiger charge is -2.45. The van der Waals surface area contributed by atoms with Crippen LogP contribution in [0.15, 0.2) is 77.8 Å². The molecule has 296 valence electrons. The number of carbonyl (C=O) groups is 2. The number of carbonyl (C=O) groups excluding carboxylic acids is 1. The number of anilines is 2. The van der Waals surface area contributed by atoms with E-state index in [0.29, 0.717) is 18.2 Å². The molecule has 10 nitrogen and oxygen atoms in total. The molecule has 3 aliphatic heterocycles. The molecule has 3 N–H and O–H groups in total. The number of benzene rings is 4. The molecule has 2 saturated heterocycles. The first-order valence-electron chi connectivity index (χ1n) is 19.2. The number of hydrogen-bond acceptors (Lipinski definition) is 10. The van der Waals surface area contributed by atoms with Gasteiger partial charge in [-0.3, -0.25) is 14.7 Å². The van der Waals surface area contributed by atoms with Gasteiger partial charge in [0.1, 0.15) is 18.2 Å². The number of likely N-dealkylation sites (tertiary alicyclic amines) is 1. The third kappa shape index (κ3) is 7.61. The number of rotatable bonds is 12. The minimum Gasteiger partial charge on any atom is -0.504 e. The summed E-state index contributed by atoms with van der Waals surface area (Å²) in [6.45, 7) is 11.5. The van der Waals surface area contributed by atoms with E-state index in [0.717, 1.165) is 102 Å². The fourth-order valence-corrected chi connectivity index (χ4v) is 10.6. The normalized spacial score (nSPS) is 18.6. The molecule has 13 heteroatoms. The summed E-state index contributed by atoms with van der Waals surface area (Å²) in [4.78, 5) is 32.3. The fourth-order valence-electron chi connectivity index (χ4n) is 8.56. The summed E-state index contributed by atoms with van der Waals surface area (Å²) in [5.41, 5.74) is 6.21. The smallest absolute Gasteiger partial charge is 0.349 e. The summed E-state index contributed by atoms with van der Waals surface area (Å²) in [5.74, 6) is -1.10. The van der Waals surface area contributed by atoms with Gasteiger partial charge in [-0.25, -0.2) is 13.5 Å². The third-order valence-electron chi connectivity index (χ3n) is 11.6. The lowest BCUT2D eigenvalue weighted by molar-refractivity contribution is 0.0698. The number of carboxylic acid groups (broad SMARTS) is 1. The van der Waals surface area contributed by atoms with E-state index in [-0.39, 0.29) is 22.4 Å². The number of piperidine rings is 2. The molecule has 0 bridgehead atoms. The Morgan fingerprint density at radius 2 is 1.86 bits per heavy atom. The van der Waals surface area contributed by atoms with E-state index in [2.05, 4.69) is 70.4 Å². The average molecular weight is 808 g/mol. The van der Waals surface area contributed by atoms with Crippen molar-refractivity contribution >= 4 is 69.7 Å². The Morgan fingerprint density at radius 3 is 2.60 bits per heavy atom. The Kier molecular flexibility index (Phi) is 10.8. The van der Waals surface area contributed by atoms with Crippen LogP contribution in [0.5, 0.6) is 11.5 Å². The Hall–Kier alpha value is -4.95. The van der Waals surface area contributed by atoms with Crippen LogP contribution in [-0.4, -0.2) is 83.0 Å². The molecule has 1 unspecified atom stereocenters. The van der Waals surface area contributed by atoms with E-state index in [9.17, 15) is 24.2 Å². The van der Waals surface area contributed by atoms with Crippen molar-refractivity contribution in [2.45, 2.75) is 62.8 Å². The van der Waals surface area contributed by atoms with Gasteiger partial charge in [0.2, 0.25) is 0 Å². The van der Waals surface area contributed by atoms with Crippen LogP contribution < -0.4 is 15.0 Å². The first kappa shape index (κ1) is 38.9. The molecule has 4 aromatic carbocycles. The number of amides is 1. The summed E-state index contributed by atoms with van der Waals surface area (Å²) in [6.07, 6.45) is 3.83. The molecule has 1 aromatic heterocycles. The maximum atomic E-state index is 14.7. The van der Waals surface area contributed by atoms with Crippen molar-refractivity contribution in [1.29, 1.82) is 0 Å². The van der Waals surface area contributed by atoms with Crippen molar-refractivity contribution in [3.05, 3.63) is 100 Å². The van der Waals surface area contributed by atoms with Crippen molar-refractivity contribution < 1.29 is 28.9 Å². The Bertz CT molecular complexity index is 2370. The standard InChI is InChI=1S/C44H46FN5O5S2/c1-44(2)23-30(47-29-8-5-7-28(22-29)40-38(45)39(51)41(57-40)43(53)54)17-20-50(44)56-24-26-11-14-36(34(21-26)46-3)55-25-49-18-15-27(16-19-49)31-12-13-35-37-32(31)9-6-10-33(37)42(52)48(35)4/h5-14,21-22,27,30,47,51H,3,15-20,23-25H2,1-2,4H3,(H,53,54). The van der Waals surface area contributed by atoms with Gasteiger partial charge in [0.15, 0.2) is 16.4 Å². The van der Waals surface area contributed by atoms with Crippen molar-refractivity contribution in [2.24, 2.45) is 4.99 Å². The molecule has 8 rings (SSSR count). The highest BCUT2D eigenvalue weighted by Gasteiger charge is 2.36. The molecule has 1 amide bonds. The maximum Gasteiger partial charge on any atom is 0.349 e. The molecule has 2 fully saturated rings. The third-order valence-corrected chi connectivity index (χ3v) is 14.2. The number of aromatic hydroxyl groups is 1. The molecule has 4 heterocycles. The number of halogens is 1. The van der Waals surface area contributed by atoms with Gasteiger partial charge in [-0.1, -0.05) is 48.3 Å². The number of aromatic carboxylic acids is 1. The second-order valence-corrected chi connectivity index (χ2v) is 17.7. The molecule has 3 aliphatic rings. The van der Waals surface area contributed by atoms with Crippen LogP contribution in [0.25, 0.3) is 21.2 Å². The lowest BCUT2D eigenvalue weighted by Crippen LogP contribution is -2.49. The van der Waals surface area contributed by atoms with E-state index in [1.165, 1.54) is 10.9 Å². The zero-order valence-corrected chi connectivity index (χ0v) is 33.9. The minimum absolute atomic E-state index is 0.0656. The number of nitrogens with one attached hydrogen (secondary N) is 1. The zero-order chi connectivity index (χ0) is 40.0. The minimum atomic E-state index is -1.36. The molecule has 0 radical (unpaired) electrons. The largest absolute Gasteiger partial charge is 0.504 e. The first-order chi connectivity index (χ1) is 27.4. The maximum absolute atomic E-state index is 14.7. The highest BCUT2D eigenvalue weighted by Crippen LogP contribution is 2.44. The molecule has 0 aliphatic carbocycles. The molecule has 0 spiro atoms. The number of aliphatic imine (C=N–C) groups is 1. The summed E-state index contributed by atoms with van der Waals surface area (Å²) in [5, 5.41) is 25.2. The Balaban J connectivity index is 0.827. The van der Waals surface area contributed by atoms with Crippen LogP contribution in [0, 0.1) is 5.82 Å². The van der Waals surface area contributed by atoms with Gasteiger partial charge in [-0.15, -0.1) is 11.3 Å². The molecule has 5 aromatic rings. The van der Waals surface area contributed by atoms with Gasteiger partial charge < -0.3 is 25.2 Å². The van der Waals surface area contributed by atoms with Crippen molar-refractivity contribution in [3.8, 4) is 21.9 Å². The van der Waals surface area contributed by atoms with E-state index >= 15 is 0 Å². The quantitative estimate of drug-likeness (QED) is 0.0837. The van der Waals surface area contributed by atoms with E-state index in [1.807, 2.05) is 31.3 Å². The van der Waals surface area contributed by atoms with E-state index < -0.39 is 22.4 Å². The second kappa shape index (κ2) is 15.8. The number of carboxylic acids is 1. The molecular formula is C44H46FN5O5S2. The van der Waals surface area contributed by atoms with Gasteiger partial charge in [-0.2, -0.15) is 0 Å². The molecular weight excluding hydrogens is 762 g/mol. The number of thiophene rings is 1. The summed E-state index contributed by atoms with van der Waals surface area (Å²) >= 11 is 2.53. The van der Waals surface area contributed by atoms with Crippen molar-refractivity contribution in [2.75, 3.05) is 43.6 Å². The molecule has 57 heavy (non-hydrogen) atoms.